The van der Waals surface area contributed by atoms with Gasteiger partial charge in [-0.15, -0.1) is 11.3 Å². The molecular formula is C13H15BrN6S. The topological polar surface area (TPSA) is 68.5 Å². The second-order valence-corrected chi connectivity index (χ2v) is 6.62. The molecule has 1 unspecified atom stereocenters. The molecule has 1 N–H and O–H groups in total. The lowest BCUT2D eigenvalue weighted by Crippen LogP contribution is -2.08. The average molecular weight is 367 g/mol. The summed E-state index contributed by atoms with van der Waals surface area (Å²) in [6, 6.07) is 0.0838. The third kappa shape index (κ3) is 2.65. The summed E-state index contributed by atoms with van der Waals surface area (Å²) in [7, 11) is 1.86. The standard InChI is InChI=1S/C13H15BrN6S/c1-4-8-5-15-13(21-8)7(2)18-11-9-10(14)19-20(3)12(9)17-6-16-11/h5-7H,4H2,1-3H3,(H,16,17,18). The predicted molar refractivity (Wildman–Crippen MR) is 87.5 cm³/mol. The highest BCUT2D eigenvalue weighted by molar-refractivity contribution is 9.10. The van der Waals surface area contributed by atoms with Gasteiger partial charge in [-0.25, -0.2) is 19.6 Å². The van der Waals surface area contributed by atoms with Crippen LogP contribution in [0.25, 0.3) is 11.0 Å². The number of fused-ring (bicyclic) bond motifs is 1. The van der Waals surface area contributed by atoms with Gasteiger partial charge in [0.15, 0.2) is 5.65 Å². The minimum Gasteiger partial charge on any atom is -0.360 e. The number of thiazole rings is 1. The zero-order valence-corrected chi connectivity index (χ0v) is 14.4. The van der Waals surface area contributed by atoms with Crippen molar-refractivity contribution in [3.05, 3.63) is 27.0 Å². The highest BCUT2D eigenvalue weighted by Gasteiger charge is 2.17. The van der Waals surface area contributed by atoms with Gasteiger partial charge in [0.2, 0.25) is 0 Å². The largest absolute Gasteiger partial charge is 0.360 e. The fourth-order valence-corrected chi connectivity index (χ4v) is 3.57. The zero-order valence-electron chi connectivity index (χ0n) is 12.0. The van der Waals surface area contributed by atoms with Crippen LogP contribution in [-0.2, 0) is 13.5 Å². The molecule has 0 radical (unpaired) electrons. The van der Waals surface area contributed by atoms with Gasteiger partial charge in [-0.3, -0.25) is 0 Å². The molecule has 0 amide bonds. The van der Waals surface area contributed by atoms with Gasteiger partial charge in [0, 0.05) is 18.1 Å². The maximum absolute atomic E-state index is 4.47. The smallest absolute Gasteiger partial charge is 0.164 e. The van der Waals surface area contributed by atoms with Gasteiger partial charge in [-0.05, 0) is 29.3 Å². The van der Waals surface area contributed by atoms with E-state index in [1.54, 1.807) is 22.3 Å². The SMILES string of the molecule is CCc1cnc(C(C)Nc2ncnc3c2c(Br)nn3C)s1. The molecule has 0 spiro atoms. The summed E-state index contributed by atoms with van der Waals surface area (Å²) in [5, 5.41) is 9.67. The van der Waals surface area contributed by atoms with Crippen LogP contribution in [0.1, 0.15) is 29.8 Å². The Kier molecular flexibility index (Phi) is 3.90. The Bertz CT molecular complexity index is 780. The molecule has 6 nitrogen and oxygen atoms in total. The van der Waals surface area contributed by atoms with Crippen LogP contribution in [0, 0.1) is 0 Å². The van der Waals surface area contributed by atoms with Gasteiger partial charge in [0.25, 0.3) is 0 Å². The van der Waals surface area contributed by atoms with Crippen molar-refractivity contribution in [3.63, 3.8) is 0 Å². The van der Waals surface area contributed by atoms with Crippen molar-refractivity contribution in [2.75, 3.05) is 5.32 Å². The lowest BCUT2D eigenvalue weighted by Gasteiger charge is -2.12. The molecule has 21 heavy (non-hydrogen) atoms. The zero-order chi connectivity index (χ0) is 15.0. The van der Waals surface area contributed by atoms with Gasteiger partial charge in [0.1, 0.15) is 21.8 Å². The fraction of sp³-hybridized carbons (Fsp3) is 0.385. The van der Waals surface area contributed by atoms with Crippen molar-refractivity contribution < 1.29 is 0 Å². The molecule has 3 aromatic heterocycles. The third-order valence-corrected chi connectivity index (χ3v) is 5.10. The van der Waals surface area contributed by atoms with E-state index in [2.05, 4.69) is 55.1 Å². The maximum atomic E-state index is 4.47. The molecular weight excluding hydrogens is 352 g/mol. The van der Waals surface area contributed by atoms with Gasteiger partial charge in [-0.1, -0.05) is 6.92 Å². The van der Waals surface area contributed by atoms with E-state index < -0.39 is 0 Å². The first-order valence-electron chi connectivity index (χ1n) is 6.64. The minimum atomic E-state index is 0.0838. The molecule has 0 bridgehead atoms. The van der Waals surface area contributed by atoms with Crippen LogP contribution in [0.15, 0.2) is 17.1 Å². The lowest BCUT2D eigenvalue weighted by atomic mass is 10.3. The minimum absolute atomic E-state index is 0.0838. The Hall–Kier alpha value is -1.54. The van der Waals surface area contributed by atoms with Crippen LogP contribution in [0.5, 0.6) is 0 Å². The van der Waals surface area contributed by atoms with Gasteiger partial charge >= 0.3 is 0 Å². The Morgan fingerprint density at radius 1 is 1.38 bits per heavy atom. The second-order valence-electron chi connectivity index (χ2n) is 4.72. The van der Waals surface area contributed by atoms with Crippen LogP contribution in [0.4, 0.5) is 5.82 Å². The number of hydrogen-bond donors (Lipinski definition) is 1. The summed E-state index contributed by atoms with van der Waals surface area (Å²) in [6.45, 7) is 4.21. The Labute approximate surface area is 134 Å². The Morgan fingerprint density at radius 2 is 2.19 bits per heavy atom. The van der Waals surface area contributed by atoms with Crippen molar-refractivity contribution in [2.24, 2.45) is 7.05 Å². The van der Waals surface area contributed by atoms with Gasteiger partial charge in [0.05, 0.1) is 11.4 Å². The number of aromatic nitrogens is 5. The fourth-order valence-electron chi connectivity index (χ4n) is 2.10. The number of rotatable bonds is 4. The van der Waals surface area contributed by atoms with Crippen molar-refractivity contribution >= 4 is 44.1 Å². The molecule has 0 aliphatic heterocycles. The molecule has 110 valence electrons. The molecule has 3 aromatic rings. The molecule has 1 atom stereocenters. The van der Waals surface area contributed by atoms with Crippen LogP contribution in [0.2, 0.25) is 0 Å². The molecule has 0 saturated carbocycles. The second kappa shape index (κ2) is 5.69. The molecule has 3 rings (SSSR count). The normalized spacial score (nSPS) is 12.8. The van der Waals surface area contributed by atoms with Crippen molar-refractivity contribution in [2.45, 2.75) is 26.3 Å². The van der Waals surface area contributed by atoms with Crippen molar-refractivity contribution in [3.8, 4) is 0 Å². The number of halogens is 1. The van der Waals surface area contributed by atoms with Crippen LogP contribution in [-0.4, -0.2) is 24.7 Å². The molecule has 0 aromatic carbocycles. The summed E-state index contributed by atoms with van der Waals surface area (Å²) < 4.78 is 2.47. The van der Waals surface area contributed by atoms with Crippen molar-refractivity contribution in [1.82, 2.24) is 24.7 Å². The average Bonchev–Trinajstić information content (AvgIpc) is 3.05. The van der Waals surface area contributed by atoms with Gasteiger partial charge in [-0.2, -0.15) is 5.10 Å². The highest BCUT2D eigenvalue weighted by Crippen LogP contribution is 2.30. The van der Waals surface area contributed by atoms with E-state index in [-0.39, 0.29) is 6.04 Å². The monoisotopic (exact) mass is 366 g/mol. The predicted octanol–water partition coefficient (Wildman–Crippen LogP) is 3.32. The van der Waals surface area contributed by atoms with E-state index in [4.69, 9.17) is 0 Å². The van der Waals surface area contributed by atoms with Crippen LogP contribution < -0.4 is 5.32 Å². The number of hydrogen-bond acceptors (Lipinski definition) is 6. The first-order chi connectivity index (χ1) is 10.1. The molecule has 3 heterocycles. The first-order valence-corrected chi connectivity index (χ1v) is 8.25. The molecule has 8 heteroatoms. The van der Waals surface area contributed by atoms with Crippen LogP contribution in [0.3, 0.4) is 0 Å². The number of aryl methyl sites for hydroxylation is 2. The molecule has 0 fully saturated rings. The molecule has 0 aliphatic rings. The van der Waals surface area contributed by atoms with Crippen LogP contribution >= 0.6 is 27.3 Å². The molecule has 0 aliphatic carbocycles. The van der Waals surface area contributed by atoms with Gasteiger partial charge < -0.3 is 5.32 Å². The van der Waals surface area contributed by atoms with E-state index in [9.17, 15) is 0 Å². The number of nitrogens with one attached hydrogen (secondary N) is 1. The highest BCUT2D eigenvalue weighted by atomic mass is 79.9. The molecule has 0 saturated heterocycles. The van der Waals surface area contributed by atoms with E-state index in [0.717, 1.165) is 32.9 Å². The van der Waals surface area contributed by atoms with E-state index in [1.807, 2.05) is 13.2 Å². The number of nitrogens with zero attached hydrogens (tertiary/aromatic N) is 5. The van der Waals surface area contributed by atoms with E-state index >= 15 is 0 Å². The maximum Gasteiger partial charge on any atom is 0.164 e. The summed E-state index contributed by atoms with van der Waals surface area (Å²) in [5.41, 5.74) is 0.792. The summed E-state index contributed by atoms with van der Waals surface area (Å²) in [4.78, 5) is 14.4. The van der Waals surface area contributed by atoms with E-state index in [0.29, 0.717) is 0 Å². The lowest BCUT2D eigenvalue weighted by molar-refractivity contribution is 0.777. The third-order valence-electron chi connectivity index (χ3n) is 3.22. The van der Waals surface area contributed by atoms with E-state index in [1.165, 1.54) is 4.88 Å². The Morgan fingerprint density at radius 3 is 2.90 bits per heavy atom. The summed E-state index contributed by atoms with van der Waals surface area (Å²) in [6.07, 6.45) is 4.49. The summed E-state index contributed by atoms with van der Waals surface area (Å²) >= 11 is 5.19. The van der Waals surface area contributed by atoms with Crippen molar-refractivity contribution in [1.29, 1.82) is 0 Å². The summed E-state index contributed by atoms with van der Waals surface area (Å²) in [5.74, 6) is 0.765. The first kappa shape index (κ1) is 14.4. The number of anilines is 1. The quantitative estimate of drug-likeness (QED) is 0.766. The Balaban J connectivity index is 1.94.